The largest absolute Gasteiger partial charge is 0.497 e. The van der Waals surface area contributed by atoms with Gasteiger partial charge in [0.15, 0.2) is 0 Å². The molecule has 0 heterocycles. The van der Waals surface area contributed by atoms with E-state index in [9.17, 15) is 18.0 Å². The minimum absolute atomic E-state index is 0.00233. The van der Waals surface area contributed by atoms with Crippen molar-refractivity contribution >= 4 is 62.3 Å². The van der Waals surface area contributed by atoms with Gasteiger partial charge in [-0.15, -0.1) is 0 Å². The zero-order valence-electron chi connectivity index (χ0n) is 23.8. The van der Waals surface area contributed by atoms with Crippen LogP contribution >= 0.6 is 34.8 Å². The summed E-state index contributed by atoms with van der Waals surface area (Å²) >= 11 is 18.6. The van der Waals surface area contributed by atoms with E-state index in [4.69, 9.17) is 39.5 Å². The van der Waals surface area contributed by atoms with Crippen LogP contribution in [0.4, 0.5) is 5.69 Å². The van der Waals surface area contributed by atoms with E-state index in [1.807, 2.05) is 44.2 Å². The Kier molecular flexibility index (Phi) is 11.9. The lowest BCUT2D eigenvalue weighted by Gasteiger charge is -2.34. The molecule has 0 aliphatic carbocycles. The minimum atomic E-state index is -4.03. The van der Waals surface area contributed by atoms with Crippen molar-refractivity contribution in [2.45, 2.75) is 32.9 Å². The number of carbonyl (C=O) groups excluding carboxylic acids is 2. The van der Waals surface area contributed by atoms with Crippen LogP contribution < -0.4 is 14.4 Å². The maximum atomic E-state index is 14.2. The highest BCUT2D eigenvalue weighted by Crippen LogP contribution is 2.35. The highest BCUT2D eigenvalue weighted by atomic mass is 35.5. The van der Waals surface area contributed by atoms with Gasteiger partial charge in [-0.25, -0.2) is 8.42 Å². The molecule has 0 saturated carbocycles. The number of ether oxygens (including phenoxy) is 1. The average Bonchev–Trinajstić information content (AvgIpc) is 2.94. The van der Waals surface area contributed by atoms with Crippen molar-refractivity contribution in [3.8, 4) is 5.75 Å². The van der Waals surface area contributed by atoms with E-state index >= 15 is 0 Å². The Balaban J connectivity index is 2.10. The lowest BCUT2D eigenvalue weighted by molar-refractivity contribution is -0.140. The van der Waals surface area contributed by atoms with Crippen LogP contribution in [0.5, 0.6) is 5.75 Å². The Hall–Kier alpha value is -2.98. The predicted molar refractivity (Wildman–Crippen MR) is 169 cm³/mol. The van der Waals surface area contributed by atoms with Gasteiger partial charge in [-0.3, -0.25) is 13.9 Å². The maximum Gasteiger partial charge on any atom is 0.244 e. The Morgan fingerprint density at radius 2 is 1.55 bits per heavy atom. The predicted octanol–water partition coefficient (Wildman–Crippen LogP) is 5.83. The summed E-state index contributed by atoms with van der Waals surface area (Å²) in [7, 11) is -2.50. The third kappa shape index (κ3) is 9.26. The monoisotopic (exact) mass is 653 g/mol. The second kappa shape index (κ2) is 15.0. The quantitative estimate of drug-likeness (QED) is 0.234. The zero-order chi connectivity index (χ0) is 31.0. The molecule has 3 rings (SSSR count). The van der Waals surface area contributed by atoms with E-state index in [1.54, 1.807) is 24.3 Å². The summed E-state index contributed by atoms with van der Waals surface area (Å²) in [5.41, 5.74) is 1.51. The molecular formula is C30H34Cl3N3O5S. The van der Waals surface area contributed by atoms with Gasteiger partial charge in [0, 0.05) is 19.5 Å². The summed E-state index contributed by atoms with van der Waals surface area (Å²) in [5.74, 6) is -0.233. The number of amides is 2. The molecule has 1 N–H and O–H groups in total. The minimum Gasteiger partial charge on any atom is -0.497 e. The van der Waals surface area contributed by atoms with Crippen molar-refractivity contribution in [1.82, 2.24) is 10.2 Å². The van der Waals surface area contributed by atoms with Crippen LogP contribution in [-0.4, -0.2) is 57.6 Å². The lowest BCUT2D eigenvalue weighted by Crippen LogP contribution is -2.53. The van der Waals surface area contributed by atoms with Crippen LogP contribution in [0.3, 0.4) is 0 Å². The summed E-state index contributed by atoms with van der Waals surface area (Å²) in [6, 6.07) is 18.1. The Morgan fingerprint density at radius 1 is 0.905 bits per heavy atom. The van der Waals surface area contributed by atoms with Gasteiger partial charge in [0.1, 0.15) is 18.3 Å². The van der Waals surface area contributed by atoms with E-state index < -0.39 is 28.5 Å². The van der Waals surface area contributed by atoms with Crippen molar-refractivity contribution in [3.63, 3.8) is 0 Å². The SMILES string of the molecule is COc1cccc(CN(C(=O)CN(c2cc(Cl)c(Cl)cc2Cl)S(C)(=O)=O)C(Cc2ccccc2)C(=O)NCC(C)C)c1. The van der Waals surface area contributed by atoms with Crippen molar-refractivity contribution in [3.05, 3.63) is 92.9 Å². The molecule has 0 aliphatic heterocycles. The lowest BCUT2D eigenvalue weighted by atomic mass is 10.0. The van der Waals surface area contributed by atoms with Crippen molar-refractivity contribution < 1.29 is 22.7 Å². The first kappa shape index (κ1) is 33.5. The smallest absolute Gasteiger partial charge is 0.244 e. The average molecular weight is 655 g/mol. The van der Waals surface area contributed by atoms with Crippen LogP contribution in [0.25, 0.3) is 0 Å². The third-order valence-corrected chi connectivity index (χ3v) is 8.53. The Labute approximate surface area is 262 Å². The molecule has 226 valence electrons. The van der Waals surface area contributed by atoms with Crippen molar-refractivity contribution in [2.75, 3.05) is 30.8 Å². The van der Waals surface area contributed by atoms with Gasteiger partial charge in [-0.1, -0.05) is 91.1 Å². The first-order valence-corrected chi connectivity index (χ1v) is 16.1. The molecule has 12 heteroatoms. The molecule has 8 nitrogen and oxygen atoms in total. The van der Waals surface area contributed by atoms with Crippen molar-refractivity contribution in [2.24, 2.45) is 5.92 Å². The first-order chi connectivity index (χ1) is 19.8. The number of methoxy groups -OCH3 is 1. The molecule has 0 fully saturated rings. The second-order valence-corrected chi connectivity index (χ2v) is 13.3. The molecule has 1 unspecified atom stereocenters. The second-order valence-electron chi connectivity index (χ2n) is 10.2. The van der Waals surface area contributed by atoms with Crippen LogP contribution in [0.15, 0.2) is 66.7 Å². The highest BCUT2D eigenvalue weighted by Gasteiger charge is 2.33. The maximum absolute atomic E-state index is 14.2. The Bertz CT molecular complexity index is 1500. The van der Waals surface area contributed by atoms with Gasteiger partial charge >= 0.3 is 0 Å². The first-order valence-electron chi connectivity index (χ1n) is 13.2. The van der Waals surface area contributed by atoms with Gasteiger partial charge in [-0.2, -0.15) is 0 Å². The normalized spacial score (nSPS) is 12.1. The van der Waals surface area contributed by atoms with E-state index in [0.717, 1.165) is 16.1 Å². The molecule has 3 aromatic rings. The molecule has 0 spiro atoms. The number of carbonyl (C=O) groups is 2. The van der Waals surface area contributed by atoms with Crippen LogP contribution in [0.1, 0.15) is 25.0 Å². The van der Waals surface area contributed by atoms with Crippen LogP contribution in [-0.2, 0) is 32.6 Å². The van der Waals surface area contributed by atoms with Gasteiger partial charge < -0.3 is 15.0 Å². The standard InChI is InChI=1S/C30H34Cl3N3O5S/c1-20(2)17-34-30(38)28(14-21-9-6-5-7-10-21)35(18-22-11-8-12-23(13-22)41-3)29(37)19-36(42(4,39)40)27-16-25(32)24(31)15-26(27)33/h5-13,15-16,20,28H,14,17-19H2,1-4H3,(H,34,38). The molecule has 0 bridgehead atoms. The molecule has 0 aromatic heterocycles. The molecule has 0 radical (unpaired) electrons. The van der Waals surface area contributed by atoms with E-state index in [-0.39, 0.29) is 45.5 Å². The number of halogens is 3. The highest BCUT2D eigenvalue weighted by molar-refractivity contribution is 7.92. The van der Waals surface area contributed by atoms with E-state index in [2.05, 4.69) is 5.32 Å². The van der Waals surface area contributed by atoms with Crippen LogP contribution in [0, 0.1) is 5.92 Å². The van der Waals surface area contributed by atoms with Gasteiger partial charge in [-0.05, 0) is 41.3 Å². The van der Waals surface area contributed by atoms with Crippen LogP contribution in [0.2, 0.25) is 15.1 Å². The molecule has 0 saturated heterocycles. The number of nitrogens with zero attached hydrogens (tertiary/aromatic N) is 2. The number of sulfonamides is 1. The zero-order valence-corrected chi connectivity index (χ0v) is 26.9. The third-order valence-electron chi connectivity index (χ3n) is 6.38. The van der Waals surface area contributed by atoms with E-state index in [0.29, 0.717) is 17.9 Å². The fraction of sp³-hybridized carbons (Fsp3) is 0.333. The summed E-state index contributed by atoms with van der Waals surface area (Å²) < 4.78 is 32.2. The fourth-order valence-corrected chi connectivity index (χ4v) is 5.79. The van der Waals surface area contributed by atoms with Gasteiger partial charge in [0.25, 0.3) is 0 Å². The molecule has 2 amide bonds. The van der Waals surface area contributed by atoms with Gasteiger partial charge in [0.2, 0.25) is 21.8 Å². The Morgan fingerprint density at radius 3 is 2.17 bits per heavy atom. The van der Waals surface area contributed by atoms with E-state index in [1.165, 1.54) is 24.1 Å². The number of hydrogen-bond donors (Lipinski definition) is 1. The fourth-order valence-electron chi connectivity index (χ4n) is 4.24. The summed E-state index contributed by atoms with van der Waals surface area (Å²) in [4.78, 5) is 29.3. The molecule has 42 heavy (non-hydrogen) atoms. The topological polar surface area (TPSA) is 96.0 Å². The number of anilines is 1. The van der Waals surface area contributed by atoms with Gasteiger partial charge in [0.05, 0.1) is 34.1 Å². The molecule has 3 aromatic carbocycles. The summed E-state index contributed by atoms with van der Waals surface area (Å²) in [6.07, 6.45) is 1.16. The summed E-state index contributed by atoms with van der Waals surface area (Å²) in [5, 5.41) is 3.14. The molecular weight excluding hydrogens is 621 g/mol. The molecule has 1 atom stereocenters. The van der Waals surface area contributed by atoms with Crippen molar-refractivity contribution in [1.29, 1.82) is 0 Å². The number of nitrogens with one attached hydrogen (secondary N) is 1. The number of hydrogen-bond acceptors (Lipinski definition) is 5. The number of rotatable bonds is 13. The molecule has 0 aliphatic rings. The summed E-state index contributed by atoms with van der Waals surface area (Å²) in [6.45, 7) is 3.71. The number of benzene rings is 3.